The Balaban J connectivity index is 2.63. The topological polar surface area (TPSA) is 80.3 Å². The lowest BCUT2D eigenvalue weighted by Crippen LogP contribution is -2.27. The second-order valence-corrected chi connectivity index (χ2v) is 4.03. The van der Waals surface area contributed by atoms with E-state index >= 15 is 0 Å². The summed E-state index contributed by atoms with van der Waals surface area (Å²) in [6.07, 6.45) is 1.60. The lowest BCUT2D eigenvalue weighted by Gasteiger charge is -2.14. The van der Waals surface area contributed by atoms with Gasteiger partial charge in [0.25, 0.3) is 0 Å². The first-order valence-corrected chi connectivity index (χ1v) is 5.32. The fourth-order valence-corrected chi connectivity index (χ4v) is 1.93. The molecular weight excluding hydrogens is 210 g/mol. The third-order valence-corrected chi connectivity index (χ3v) is 2.83. The molecule has 0 radical (unpaired) electrons. The van der Waals surface area contributed by atoms with Gasteiger partial charge in [-0.15, -0.1) is 0 Å². The van der Waals surface area contributed by atoms with Crippen LogP contribution in [-0.2, 0) is 19.2 Å². The van der Waals surface area contributed by atoms with E-state index in [1.807, 2.05) is 0 Å². The highest BCUT2D eigenvalue weighted by molar-refractivity contribution is 6.37. The van der Waals surface area contributed by atoms with Crippen LogP contribution in [0.5, 0.6) is 0 Å². The predicted molar refractivity (Wildman–Crippen MR) is 55.6 cm³/mol. The molecule has 1 heterocycles. The Kier molecular flexibility index (Phi) is 4.34. The number of carbonyl (C=O) groups is 4. The molecular formula is C11H15NO4. The molecule has 0 bridgehead atoms. The number of Topliss-reactive ketones (excluding diaryl/α,β-unsaturated/α-hetero) is 2. The van der Waals surface area contributed by atoms with Crippen LogP contribution in [-0.4, -0.2) is 30.3 Å². The lowest BCUT2D eigenvalue weighted by molar-refractivity contribution is -0.139. The van der Waals surface area contributed by atoms with Crippen molar-refractivity contribution >= 4 is 23.8 Å². The van der Waals surface area contributed by atoms with Gasteiger partial charge in [0.1, 0.15) is 6.29 Å². The quantitative estimate of drug-likeness (QED) is 0.504. The van der Waals surface area contributed by atoms with Gasteiger partial charge < -0.3 is 10.1 Å². The first-order valence-electron chi connectivity index (χ1n) is 5.32. The number of rotatable bonds is 6. The van der Waals surface area contributed by atoms with Crippen LogP contribution in [0.25, 0.3) is 0 Å². The van der Waals surface area contributed by atoms with Crippen molar-refractivity contribution in [1.82, 2.24) is 5.32 Å². The number of amides is 1. The highest BCUT2D eigenvalue weighted by Gasteiger charge is 2.31. The van der Waals surface area contributed by atoms with Gasteiger partial charge in [0.2, 0.25) is 11.7 Å². The molecule has 1 saturated heterocycles. The van der Waals surface area contributed by atoms with Crippen LogP contribution >= 0.6 is 0 Å². The number of ketones is 2. The summed E-state index contributed by atoms with van der Waals surface area (Å²) in [7, 11) is 0. The molecule has 0 aliphatic carbocycles. The smallest absolute Gasteiger partial charge is 0.223 e. The van der Waals surface area contributed by atoms with Crippen LogP contribution in [0.1, 0.15) is 26.2 Å². The molecule has 5 nitrogen and oxygen atoms in total. The average Bonchev–Trinajstić information content (AvgIpc) is 2.62. The largest absolute Gasteiger partial charge is 0.356 e. The van der Waals surface area contributed by atoms with Gasteiger partial charge in [-0.2, -0.15) is 0 Å². The SMILES string of the molecule is CC(=O)C(=O)C(CC=O)CC1CCNC1=O. The van der Waals surface area contributed by atoms with E-state index < -0.39 is 17.5 Å². The molecule has 1 aliphatic heterocycles. The van der Waals surface area contributed by atoms with E-state index in [-0.39, 0.29) is 18.2 Å². The standard InChI is InChI=1S/C11H15NO4/c1-7(14)10(15)8(3-5-13)6-9-2-4-12-11(9)16/h5,8-9H,2-4,6H2,1H3,(H,12,16). The zero-order chi connectivity index (χ0) is 12.1. The summed E-state index contributed by atoms with van der Waals surface area (Å²) in [6, 6.07) is 0. The van der Waals surface area contributed by atoms with Crippen LogP contribution in [0.2, 0.25) is 0 Å². The van der Waals surface area contributed by atoms with E-state index in [1.54, 1.807) is 0 Å². The van der Waals surface area contributed by atoms with E-state index in [0.29, 0.717) is 25.7 Å². The Labute approximate surface area is 93.6 Å². The zero-order valence-corrected chi connectivity index (χ0v) is 9.19. The first kappa shape index (κ1) is 12.5. The fourth-order valence-electron chi connectivity index (χ4n) is 1.93. The maximum atomic E-state index is 11.5. The third kappa shape index (κ3) is 2.98. The van der Waals surface area contributed by atoms with Gasteiger partial charge in [-0.25, -0.2) is 0 Å². The molecule has 88 valence electrons. The highest BCUT2D eigenvalue weighted by atomic mass is 16.2. The average molecular weight is 225 g/mol. The van der Waals surface area contributed by atoms with Crippen molar-refractivity contribution in [1.29, 1.82) is 0 Å². The first-order chi connectivity index (χ1) is 7.56. The summed E-state index contributed by atoms with van der Waals surface area (Å²) in [5.41, 5.74) is 0. The summed E-state index contributed by atoms with van der Waals surface area (Å²) >= 11 is 0. The van der Waals surface area contributed by atoms with Gasteiger partial charge in [-0.05, 0) is 12.8 Å². The van der Waals surface area contributed by atoms with E-state index in [0.717, 1.165) is 0 Å². The number of carbonyl (C=O) groups excluding carboxylic acids is 4. The zero-order valence-electron chi connectivity index (χ0n) is 9.19. The van der Waals surface area contributed by atoms with Crippen LogP contribution in [0.4, 0.5) is 0 Å². The minimum atomic E-state index is -0.635. The second-order valence-electron chi connectivity index (χ2n) is 4.03. The van der Waals surface area contributed by atoms with Gasteiger partial charge in [0, 0.05) is 31.7 Å². The molecule has 2 unspecified atom stereocenters. The van der Waals surface area contributed by atoms with E-state index in [9.17, 15) is 19.2 Å². The normalized spacial score (nSPS) is 21.3. The molecule has 1 fully saturated rings. The van der Waals surface area contributed by atoms with Gasteiger partial charge in [-0.1, -0.05) is 0 Å². The summed E-state index contributed by atoms with van der Waals surface area (Å²) in [5.74, 6) is -2.07. The van der Waals surface area contributed by atoms with Crippen LogP contribution in [0.15, 0.2) is 0 Å². The van der Waals surface area contributed by atoms with Gasteiger partial charge in [0.15, 0.2) is 5.78 Å². The van der Waals surface area contributed by atoms with Crippen molar-refractivity contribution in [3.63, 3.8) is 0 Å². The molecule has 16 heavy (non-hydrogen) atoms. The summed E-state index contributed by atoms with van der Waals surface area (Å²) < 4.78 is 0. The third-order valence-electron chi connectivity index (χ3n) is 2.83. The van der Waals surface area contributed by atoms with Crippen molar-refractivity contribution in [3.8, 4) is 0 Å². The highest BCUT2D eigenvalue weighted by Crippen LogP contribution is 2.22. The van der Waals surface area contributed by atoms with Gasteiger partial charge >= 0.3 is 0 Å². The van der Waals surface area contributed by atoms with Crippen LogP contribution in [0.3, 0.4) is 0 Å². The Morgan fingerprint density at radius 3 is 2.69 bits per heavy atom. The molecule has 0 aromatic heterocycles. The Morgan fingerprint density at radius 1 is 1.56 bits per heavy atom. The number of hydrogen-bond donors (Lipinski definition) is 1. The van der Waals surface area contributed by atoms with E-state index in [2.05, 4.69) is 5.32 Å². The van der Waals surface area contributed by atoms with Crippen LogP contribution < -0.4 is 5.32 Å². The summed E-state index contributed by atoms with van der Waals surface area (Å²) in [4.78, 5) is 44.2. The van der Waals surface area contributed by atoms with Gasteiger partial charge in [0.05, 0.1) is 0 Å². The van der Waals surface area contributed by atoms with E-state index in [1.165, 1.54) is 6.92 Å². The predicted octanol–water partition coefficient (Wildman–Crippen LogP) is -0.124. The maximum absolute atomic E-state index is 11.5. The van der Waals surface area contributed by atoms with E-state index in [4.69, 9.17) is 0 Å². The fraction of sp³-hybridized carbons (Fsp3) is 0.636. The van der Waals surface area contributed by atoms with Crippen molar-refractivity contribution in [2.75, 3.05) is 6.54 Å². The Hall–Kier alpha value is -1.52. The summed E-state index contributed by atoms with van der Waals surface area (Å²) in [5, 5.41) is 2.66. The van der Waals surface area contributed by atoms with Crippen molar-refractivity contribution < 1.29 is 19.2 Å². The van der Waals surface area contributed by atoms with Crippen LogP contribution in [0, 0.1) is 11.8 Å². The van der Waals surface area contributed by atoms with Gasteiger partial charge in [-0.3, -0.25) is 14.4 Å². The molecule has 0 saturated carbocycles. The van der Waals surface area contributed by atoms with Crippen molar-refractivity contribution in [3.05, 3.63) is 0 Å². The monoisotopic (exact) mass is 225 g/mol. The lowest BCUT2D eigenvalue weighted by atomic mass is 9.87. The number of hydrogen-bond acceptors (Lipinski definition) is 4. The maximum Gasteiger partial charge on any atom is 0.223 e. The molecule has 1 rings (SSSR count). The number of nitrogens with one attached hydrogen (secondary N) is 1. The Morgan fingerprint density at radius 2 is 2.25 bits per heavy atom. The molecule has 1 aliphatic rings. The minimum absolute atomic E-state index is 0.0161. The molecule has 5 heteroatoms. The molecule has 0 spiro atoms. The summed E-state index contributed by atoms with van der Waals surface area (Å²) in [6.45, 7) is 1.79. The number of aldehydes is 1. The molecule has 1 amide bonds. The minimum Gasteiger partial charge on any atom is -0.356 e. The molecule has 0 aromatic rings. The van der Waals surface area contributed by atoms with Crippen molar-refractivity contribution in [2.24, 2.45) is 11.8 Å². The second kappa shape index (κ2) is 5.53. The molecule has 0 aromatic carbocycles. The molecule has 1 N–H and O–H groups in total. The Bertz CT molecular complexity index is 324. The van der Waals surface area contributed by atoms with Crippen molar-refractivity contribution in [2.45, 2.75) is 26.2 Å². The molecule has 2 atom stereocenters.